The monoisotopic (exact) mass is 316 g/mol. The summed E-state index contributed by atoms with van der Waals surface area (Å²) in [5.74, 6) is 0.172. The third-order valence-corrected chi connectivity index (χ3v) is 3.32. The van der Waals surface area contributed by atoms with Crippen molar-refractivity contribution < 1.29 is 18.1 Å². The van der Waals surface area contributed by atoms with Crippen LogP contribution < -0.4 is 9.46 Å². The molecule has 0 fully saturated rings. The number of non-ortho nitro benzene ring substituents is 1. The molecule has 0 saturated carbocycles. The summed E-state index contributed by atoms with van der Waals surface area (Å²) in [5.41, 5.74) is 0.0659. The molecule has 1 N–H and O–H groups in total. The smallest absolute Gasteiger partial charge is 0.273 e. The first kappa shape index (κ1) is 17.2. The van der Waals surface area contributed by atoms with Gasteiger partial charge >= 0.3 is 0 Å². The topological polar surface area (TPSA) is 98.5 Å². The number of hydrogen-bond acceptors (Lipinski definition) is 5. The number of nitro benzene ring substituents is 1. The molecule has 0 unspecified atom stereocenters. The number of nitrogens with zero attached hydrogens (tertiary/aromatic N) is 1. The highest BCUT2D eigenvalue weighted by molar-refractivity contribution is 7.92. The predicted octanol–water partition coefficient (Wildman–Crippen LogP) is 2.93. The molecule has 0 amide bonds. The molecule has 0 aromatic heterocycles. The average Bonchev–Trinajstić information content (AvgIpc) is 2.38. The first-order valence-electron chi connectivity index (χ1n) is 6.72. The van der Waals surface area contributed by atoms with Crippen molar-refractivity contribution in [1.82, 2.24) is 0 Å². The SMILES string of the molecule is CCCCCCOc1cc([N+](=O)[O-])ccc1NS(C)(=O)=O. The minimum atomic E-state index is -3.47. The number of sulfonamides is 1. The van der Waals surface area contributed by atoms with Gasteiger partial charge in [-0.3, -0.25) is 14.8 Å². The molecule has 0 heterocycles. The van der Waals surface area contributed by atoms with Gasteiger partial charge in [-0.05, 0) is 12.5 Å². The first-order chi connectivity index (χ1) is 9.83. The molecule has 0 atom stereocenters. The second kappa shape index (κ2) is 7.82. The molecule has 1 aromatic rings. The van der Waals surface area contributed by atoms with Gasteiger partial charge in [-0.15, -0.1) is 0 Å². The molecule has 0 aliphatic carbocycles. The van der Waals surface area contributed by atoms with E-state index >= 15 is 0 Å². The van der Waals surface area contributed by atoms with Crippen LogP contribution in [0.4, 0.5) is 11.4 Å². The molecule has 0 saturated heterocycles. The van der Waals surface area contributed by atoms with Gasteiger partial charge in [0.1, 0.15) is 5.75 Å². The van der Waals surface area contributed by atoms with Gasteiger partial charge < -0.3 is 4.74 Å². The molecule has 0 spiro atoms. The lowest BCUT2D eigenvalue weighted by Gasteiger charge is -2.12. The molecule has 118 valence electrons. The van der Waals surface area contributed by atoms with E-state index in [0.29, 0.717) is 6.61 Å². The molecular formula is C13H20N2O5S. The van der Waals surface area contributed by atoms with E-state index in [1.807, 2.05) is 0 Å². The van der Waals surface area contributed by atoms with Crippen molar-refractivity contribution in [3.8, 4) is 5.75 Å². The minimum absolute atomic E-state index is 0.141. The zero-order valence-corrected chi connectivity index (χ0v) is 13.0. The van der Waals surface area contributed by atoms with Crippen LogP contribution in [0.3, 0.4) is 0 Å². The summed E-state index contributed by atoms with van der Waals surface area (Å²) in [6.07, 6.45) is 5.01. The molecule has 0 aliphatic heterocycles. The Morgan fingerprint density at radius 1 is 1.29 bits per heavy atom. The van der Waals surface area contributed by atoms with Gasteiger partial charge in [0.2, 0.25) is 10.0 Å². The Kier molecular flexibility index (Phi) is 6.41. The molecule has 1 rings (SSSR count). The zero-order valence-electron chi connectivity index (χ0n) is 12.2. The van der Waals surface area contributed by atoms with E-state index in [1.54, 1.807) is 0 Å². The summed E-state index contributed by atoms with van der Waals surface area (Å²) >= 11 is 0. The number of rotatable bonds is 9. The maximum absolute atomic E-state index is 11.3. The lowest BCUT2D eigenvalue weighted by atomic mass is 10.2. The fourth-order valence-corrected chi connectivity index (χ4v) is 2.31. The van der Waals surface area contributed by atoms with Gasteiger partial charge in [0.05, 0.1) is 29.5 Å². The van der Waals surface area contributed by atoms with Crippen LogP contribution in [0.1, 0.15) is 32.6 Å². The van der Waals surface area contributed by atoms with E-state index in [9.17, 15) is 18.5 Å². The van der Waals surface area contributed by atoms with E-state index in [-0.39, 0.29) is 17.1 Å². The molecule has 8 heteroatoms. The first-order valence-corrected chi connectivity index (χ1v) is 8.61. The van der Waals surface area contributed by atoms with Crippen molar-refractivity contribution in [2.24, 2.45) is 0 Å². The fraction of sp³-hybridized carbons (Fsp3) is 0.538. The Labute approximate surface area is 124 Å². The van der Waals surface area contributed by atoms with Gasteiger partial charge in [-0.2, -0.15) is 0 Å². The maximum atomic E-state index is 11.3. The number of anilines is 1. The van der Waals surface area contributed by atoms with Gasteiger partial charge in [0, 0.05) is 6.07 Å². The Balaban J connectivity index is 2.84. The van der Waals surface area contributed by atoms with Crippen LogP contribution in [0.15, 0.2) is 18.2 Å². The van der Waals surface area contributed by atoms with Crippen LogP contribution in [-0.4, -0.2) is 26.2 Å². The van der Waals surface area contributed by atoms with Gasteiger partial charge in [-0.25, -0.2) is 8.42 Å². The highest BCUT2D eigenvalue weighted by Crippen LogP contribution is 2.30. The van der Waals surface area contributed by atoms with Crippen LogP contribution in [0.25, 0.3) is 0 Å². The third kappa shape index (κ3) is 6.44. The van der Waals surface area contributed by atoms with Crippen molar-refractivity contribution in [2.75, 3.05) is 17.6 Å². The summed E-state index contributed by atoms with van der Waals surface area (Å²) in [5, 5.41) is 10.8. The zero-order chi connectivity index (χ0) is 15.9. The molecular weight excluding hydrogens is 296 g/mol. The Morgan fingerprint density at radius 3 is 2.57 bits per heavy atom. The molecule has 0 aliphatic rings. The quantitative estimate of drug-likeness (QED) is 0.429. The van der Waals surface area contributed by atoms with E-state index in [1.165, 1.54) is 18.2 Å². The van der Waals surface area contributed by atoms with E-state index in [0.717, 1.165) is 31.9 Å². The van der Waals surface area contributed by atoms with E-state index in [4.69, 9.17) is 4.74 Å². The molecule has 0 bridgehead atoms. The highest BCUT2D eigenvalue weighted by Gasteiger charge is 2.14. The lowest BCUT2D eigenvalue weighted by molar-refractivity contribution is -0.384. The number of hydrogen-bond donors (Lipinski definition) is 1. The van der Waals surface area contributed by atoms with Crippen molar-refractivity contribution in [2.45, 2.75) is 32.6 Å². The van der Waals surface area contributed by atoms with Crippen molar-refractivity contribution in [3.05, 3.63) is 28.3 Å². The van der Waals surface area contributed by atoms with Crippen molar-refractivity contribution in [3.63, 3.8) is 0 Å². The van der Waals surface area contributed by atoms with Crippen molar-refractivity contribution >= 4 is 21.4 Å². The average molecular weight is 316 g/mol. The van der Waals surface area contributed by atoms with Gasteiger partial charge in [0.25, 0.3) is 5.69 Å². The molecule has 0 radical (unpaired) electrons. The fourth-order valence-electron chi connectivity index (χ4n) is 1.74. The largest absolute Gasteiger partial charge is 0.491 e. The second-order valence-corrected chi connectivity index (χ2v) is 6.47. The van der Waals surface area contributed by atoms with Gasteiger partial charge in [0.15, 0.2) is 0 Å². The molecule has 21 heavy (non-hydrogen) atoms. The second-order valence-electron chi connectivity index (χ2n) is 4.72. The van der Waals surface area contributed by atoms with Gasteiger partial charge in [-0.1, -0.05) is 26.2 Å². The van der Waals surface area contributed by atoms with Crippen LogP contribution in [-0.2, 0) is 10.0 Å². The summed E-state index contributed by atoms with van der Waals surface area (Å²) in [6.45, 7) is 2.48. The number of benzene rings is 1. The third-order valence-electron chi connectivity index (χ3n) is 2.73. The van der Waals surface area contributed by atoms with Crippen molar-refractivity contribution in [1.29, 1.82) is 0 Å². The number of unbranched alkanes of at least 4 members (excludes halogenated alkanes) is 3. The predicted molar refractivity (Wildman–Crippen MR) is 81.2 cm³/mol. The van der Waals surface area contributed by atoms with E-state index < -0.39 is 14.9 Å². The van der Waals surface area contributed by atoms with E-state index in [2.05, 4.69) is 11.6 Å². The number of ether oxygens (including phenoxy) is 1. The number of nitrogens with one attached hydrogen (secondary N) is 1. The molecule has 7 nitrogen and oxygen atoms in total. The summed E-state index contributed by atoms with van der Waals surface area (Å²) < 4.78 is 30.4. The summed E-state index contributed by atoms with van der Waals surface area (Å²) in [4.78, 5) is 10.2. The Morgan fingerprint density at radius 2 is 2.00 bits per heavy atom. The summed E-state index contributed by atoms with van der Waals surface area (Å²) in [7, 11) is -3.47. The Bertz CT molecular complexity index is 586. The van der Waals surface area contributed by atoms with Crippen LogP contribution in [0.2, 0.25) is 0 Å². The van der Waals surface area contributed by atoms with Crippen LogP contribution >= 0.6 is 0 Å². The summed E-state index contributed by atoms with van der Waals surface area (Å²) in [6, 6.07) is 3.80. The Hall–Kier alpha value is -1.83. The highest BCUT2D eigenvalue weighted by atomic mass is 32.2. The maximum Gasteiger partial charge on any atom is 0.273 e. The standard InChI is InChI=1S/C13H20N2O5S/c1-3-4-5-6-9-20-13-10-11(15(16)17)7-8-12(13)14-21(2,18)19/h7-8,10,14H,3-6,9H2,1-2H3. The number of nitro groups is 1. The minimum Gasteiger partial charge on any atom is -0.491 e. The molecule has 1 aromatic carbocycles. The van der Waals surface area contributed by atoms with Crippen LogP contribution in [0.5, 0.6) is 5.75 Å². The van der Waals surface area contributed by atoms with Crippen LogP contribution in [0, 0.1) is 10.1 Å². The lowest BCUT2D eigenvalue weighted by Crippen LogP contribution is -2.11. The normalized spacial score (nSPS) is 11.1.